The van der Waals surface area contributed by atoms with Gasteiger partial charge in [0.2, 0.25) is 0 Å². The Kier molecular flexibility index (Phi) is 6.84. The number of guanidine groups is 1. The molecule has 0 atom stereocenters. The maximum atomic E-state index is 12.6. The van der Waals surface area contributed by atoms with Gasteiger partial charge >= 0.3 is 6.18 Å². The maximum Gasteiger partial charge on any atom is 0.434 e. The molecule has 0 bridgehead atoms. The molecule has 1 aromatic carbocycles. The van der Waals surface area contributed by atoms with Gasteiger partial charge in [0, 0.05) is 24.5 Å². The van der Waals surface area contributed by atoms with Crippen molar-refractivity contribution in [1.82, 2.24) is 15.6 Å². The molecule has 9 heteroatoms. The van der Waals surface area contributed by atoms with Crippen molar-refractivity contribution >= 4 is 17.3 Å². The lowest BCUT2D eigenvalue weighted by molar-refractivity contribution is -0.140. The van der Waals surface area contributed by atoms with Crippen molar-refractivity contribution < 1.29 is 17.9 Å². The van der Waals surface area contributed by atoms with Crippen molar-refractivity contribution in [3.05, 3.63) is 45.4 Å². The number of benzene rings is 1. The molecular formula is C17H21F3N4OS. The normalized spacial score (nSPS) is 12.2. The van der Waals surface area contributed by atoms with Crippen LogP contribution in [-0.2, 0) is 19.3 Å². The number of aryl methyl sites for hydroxylation is 1. The molecule has 0 amide bonds. The smallest absolute Gasteiger partial charge is 0.434 e. The number of aliphatic imine (C=N–C) groups is 1. The van der Waals surface area contributed by atoms with Crippen LogP contribution in [0.15, 0.2) is 28.6 Å². The van der Waals surface area contributed by atoms with E-state index in [0.717, 1.165) is 33.6 Å². The summed E-state index contributed by atoms with van der Waals surface area (Å²) in [4.78, 5) is 7.66. The molecule has 1 heterocycles. The standard InChI is InChI=1S/C17H21F3N4OS/c1-4-25-13-7-11(2)5-6-12(13)8-22-16(21-3)23-9-15-24-14(10-26-15)17(18,19)20/h5-7,10H,4,8-9H2,1-3H3,(H2,21,22,23). The fourth-order valence-corrected chi connectivity index (χ4v) is 2.92. The third kappa shape index (κ3) is 5.62. The summed E-state index contributed by atoms with van der Waals surface area (Å²) in [5.41, 5.74) is 1.20. The minimum Gasteiger partial charge on any atom is -0.494 e. The molecule has 0 aliphatic carbocycles. The van der Waals surface area contributed by atoms with Crippen molar-refractivity contribution in [1.29, 1.82) is 0 Å². The highest BCUT2D eigenvalue weighted by Crippen LogP contribution is 2.29. The number of nitrogens with zero attached hydrogens (tertiary/aromatic N) is 2. The Morgan fingerprint density at radius 1 is 1.27 bits per heavy atom. The van der Waals surface area contributed by atoms with Crippen molar-refractivity contribution in [2.24, 2.45) is 4.99 Å². The van der Waals surface area contributed by atoms with E-state index in [1.165, 1.54) is 0 Å². The van der Waals surface area contributed by atoms with Crippen molar-refractivity contribution in [2.75, 3.05) is 13.7 Å². The Labute approximate surface area is 154 Å². The Morgan fingerprint density at radius 3 is 2.62 bits per heavy atom. The summed E-state index contributed by atoms with van der Waals surface area (Å²) < 4.78 is 43.4. The van der Waals surface area contributed by atoms with E-state index in [2.05, 4.69) is 20.6 Å². The van der Waals surface area contributed by atoms with Crippen LogP contribution in [0.3, 0.4) is 0 Å². The quantitative estimate of drug-likeness (QED) is 0.587. The van der Waals surface area contributed by atoms with Crippen LogP contribution >= 0.6 is 11.3 Å². The average Bonchev–Trinajstić information content (AvgIpc) is 3.06. The Hall–Kier alpha value is -2.29. The first kappa shape index (κ1) is 20.0. The summed E-state index contributed by atoms with van der Waals surface area (Å²) in [5.74, 6) is 1.27. The third-order valence-electron chi connectivity index (χ3n) is 3.44. The molecule has 1 aromatic heterocycles. The zero-order chi connectivity index (χ0) is 19.2. The molecule has 0 fully saturated rings. The van der Waals surface area contributed by atoms with Gasteiger partial charge in [0.25, 0.3) is 0 Å². The number of halogens is 3. The van der Waals surface area contributed by atoms with Crippen LogP contribution in [-0.4, -0.2) is 24.6 Å². The van der Waals surface area contributed by atoms with Gasteiger partial charge in [-0.1, -0.05) is 12.1 Å². The third-order valence-corrected chi connectivity index (χ3v) is 4.29. The number of aromatic nitrogens is 1. The lowest BCUT2D eigenvalue weighted by Crippen LogP contribution is -2.36. The van der Waals surface area contributed by atoms with Gasteiger partial charge in [0.1, 0.15) is 10.8 Å². The fraction of sp³-hybridized carbons (Fsp3) is 0.412. The van der Waals surface area contributed by atoms with E-state index in [-0.39, 0.29) is 6.54 Å². The maximum absolute atomic E-state index is 12.6. The zero-order valence-corrected chi connectivity index (χ0v) is 15.6. The molecule has 2 N–H and O–H groups in total. The van der Waals surface area contributed by atoms with E-state index < -0.39 is 11.9 Å². The Morgan fingerprint density at radius 2 is 2.00 bits per heavy atom. The lowest BCUT2D eigenvalue weighted by Gasteiger charge is -2.14. The molecule has 2 rings (SSSR count). The molecular weight excluding hydrogens is 365 g/mol. The first-order chi connectivity index (χ1) is 12.3. The second kappa shape index (κ2) is 8.88. The number of rotatable bonds is 6. The Bertz CT molecular complexity index is 759. The largest absolute Gasteiger partial charge is 0.494 e. The topological polar surface area (TPSA) is 58.5 Å². The highest BCUT2D eigenvalue weighted by molar-refractivity contribution is 7.09. The molecule has 0 aliphatic rings. The second-order valence-electron chi connectivity index (χ2n) is 5.45. The molecule has 5 nitrogen and oxygen atoms in total. The van der Waals surface area contributed by atoms with E-state index in [4.69, 9.17) is 4.74 Å². The summed E-state index contributed by atoms with van der Waals surface area (Å²) in [6.07, 6.45) is -4.42. The monoisotopic (exact) mass is 386 g/mol. The van der Waals surface area contributed by atoms with E-state index in [1.807, 2.05) is 32.0 Å². The van der Waals surface area contributed by atoms with Gasteiger partial charge in [-0.05, 0) is 25.5 Å². The van der Waals surface area contributed by atoms with Crippen molar-refractivity contribution in [2.45, 2.75) is 33.1 Å². The van der Waals surface area contributed by atoms with E-state index >= 15 is 0 Å². The number of alkyl halides is 3. The van der Waals surface area contributed by atoms with Gasteiger partial charge in [-0.25, -0.2) is 4.98 Å². The summed E-state index contributed by atoms with van der Waals surface area (Å²) in [5, 5.41) is 7.43. The SMILES string of the molecule is CCOc1cc(C)ccc1CNC(=NC)NCc1nc(C(F)(F)F)cs1. The fourth-order valence-electron chi connectivity index (χ4n) is 2.18. The number of ether oxygens (including phenoxy) is 1. The minimum atomic E-state index is -4.42. The van der Waals surface area contributed by atoms with Crippen LogP contribution in [0.25, 0.3) is 0 Å². The van der Waals surface area contributed by atoms with Crippen LogP contribution < -0.4 is 15.4 Å². The number of thiazole rings is 1. The predicted octanol–water partition coefficient (Wildman–Crippen LogP) is 3.73. The summed E-state index contributed by atoms with van der Waals surface area (Å²) in [7, 11) is 1.59. The van der Waals surface area contributed by atoms with E-state index in [9.17, 15) is 13.2 Å². The van der Waals surface area contributed by atoms with Gasteiger partial charge in [-0.3, -0.25) is 4.99 Å². The van der Waals surface area contributed by atoms with Crippen LogP contribution in [0.1, 0.15) is 28.8 Å². The summed E-state index contributed by atoms with van der Waals surface area (Å²) >= 11 is 0.958. The molecule has 0 saturated carbocycles. The van der Waals surface area contributed by atoms with E-state index in [0.29, 0.717) is 24.1 Å². The Balaban J connectivity index is 1.93. The lowest BCUT2D eigenvalue weighted by atomic mass is 10.1. The van der Waals surface area contributed by atoms with Gasteiger partial charge < -0.3 is 15.4 Å². The molecule has 2 aromatic rings. The van der Waals surface area contributed by atoms with Gasteiger partial charge in [0.15, 0.2) is 11.7 Å². The van der Waals surface area contributed by atoms with Gasteiger partial charge in [-0.2, -0.15) is 13.2 Å². The van der Waals surface area contributed by atoms with Gasteiger partial charge in [-0.15, -0.1) is 11.3 Å². The molecule has 0 unspecified atom stereocenters. The molecule has 26 heavy (non-hydrogen) atoms. The van der Waals surface area contributed by atoms with Crippen molar-refractivity contribution in [3.8, 4) is 5.75 Å². The predicted molar refractivity (Wildman–Crippen MR) is 96.5 cm³/mol. The van der Waals surface area contributed by atoms with Crippen molar-refractivity contribution in [3.63, 3.8) is 0 Å². The molecule has 0 aliphatic heterocycles. The molecule has 142 valence electrons. The molecule has 0 radical (unpaired) electrons. The van der Waals surface area contributed by atoms with Crippen LogP contribution in [0.2, 0.25) is 0 Å². The zero-order valence-electron chi connectivity index (χ0n) is 14.8. The first-order valence-electron chi connectivity index (χ1n) is 8.02. The molecule has 0 spiro atoms. The summed E-state index contributed by atoms with van der Waals surface area (Å²) in [6, 6.07) is 5.92. The highest BCUT2D eigenvalue weighted by Gasteiger charge is 2.33. The van der Waals surface area contributed by atoms with Gasteiger partial charge in [0.05, 0.1) is 13.2 Å². The van der Waals surface area contributed by atoms with Crippen LogP contribution in [0, 0.1) is 6.92 Å². The molecule has 0 saturated heterocycles. The van der Waals surface area contributed by atoms with E-state index in [1.54, 1.807) is 7.05 Å². The minimum absolute atomic E-state index is 0.159. The highest BCUT2D eigenvalue weighted by atomic mass is 32.1. The average molecular weight is 386 g/mol. The number of hydrogen-bond acceptors (Lipinski definition) is 4. The first-order valence-corrected chi connectivity index (χ1v) is 8.90. The summed E-state index contributed by atoms with van der Waals surface area (Å²) in [6.45, 7) is 5.11. The van der Waals surface area contributed by atoms with Crippen LogP contribution in [0.5, 0.6) is 5.75 Å². The van der Waals surface area contributed by atoms with Crippen LogP contribution in [0.4, 0.5) is 13.2 Å². The number of hydrogen-bond donors (Lipinski definition) is 2. The number of nitrogens with one attached hydrogen (secondary N) is 2. The second-order valence-corrected chi connectivity index (χ2v) is 6.39.